The van der Waals surface area contributed by atoms with Gasteiger partial charge in [0.2, 0.25) is 5.43 Å². The van der Waals surface area contributed by atoms with Crippen LogP contribution in [0.1, 0.15) is 23.3 Å². The highest BCUT2D eigenvalue weighted by Gasteiger charge is 2.20. The molecule has 0 unspecified atom stereocenters. The van der Waals surface area contributed by atoms with Crippen LogP contribution in [0.3, 0.4) is 0 Å². The lowest BCUT2D eigenvalue weighted by molar-refractivity contribution is 0.0694. The van der Waals surface area contributed by atoms with E-state index in [1.807, 2.05) is 0 Å². The highest BCUT2D eigenvalue weighted by atomic mass is 16.5. The largest absolute Gasteiger partial charge is 0.491 e. The molecule has 1 atom stereocenters. The number of hydrogen-bond acceptors (Lipinski definition) is 5. The van der Waals surface area contributed by atoms with Gasteiger partial charge in [0, 0.05) is 18.6 Å². The van der Waals surface area contributed by atoms with Crippen molar-refractivity contribution in [1.82, 2.24) is 8.97 Å². The predicted octanol–water partition coefficient (Wildman–Crippen LogP) is -0.279. The number of pyridine rings is 1. The molecule has 0 radical (unpaired) electrons. The first-order valence-electron chi connectivity index (χ1n) is 6.10. The first-order valence-corrected chi connectivity index (χ1v) is 6.10. The van der Waals surface area contributed by atoms with Crippen molar-refractivity contribution in [2.24, 2.45) is 0 Å². The second-order valence-electron chi connectivity index (χ2n) is 4.51. The van der Waals surface area contributed by atoms with Gasteiger partial charge < -0.3 is 23.9 Å². The normalized spacial score (nSPS) is 12.3. The van der Waals surface area contributed by atoms with E-state index < -0.39 is 28.6 Å². The van der Waals surface area contributed by atoms with E-state index in [9.17, 15) is 14.4 Å². The maximum Gasteiger partial charge on any atom is 0.341 e. The van der Waals surface area contributed by atoms with Crippen molar-refractivity contribution >= 4 is 11.5 Å². The summed E-state index contributed by atoms with van der Waals surface area (Å²) in [7, 11) is 1.19. The van der Waals surface area contributed by atoms with Gasteiger partial charge in [0.25, 0.3) is 5.56 Å². The van der Waals surface area contributed by atoms with E-state index >= 15 is 0 Å². The molecule has 0 aromatic carbocycles. The van der Waals surface area contributed by atoms with E-state index in [-0.39, 0.29) is 17.9 Å². The molecule has 8 nitrogen and oxygen atoms in total. The summed E-state index contributed by atoms with van der Waals surface area (Å²) < 4.78 is 7.40. The first-order chi connectivity index (χ1) is 9.92. The Morgan fingerprint density at radius 2 is 2.05 bits per heavy atom. The number of rotatable bonds is 4. The third kappa shape index (κ3) is 2.29. The van der Waals surface area contributed by atoms with Crippen LogP contribution < -0.4 is 15.7 Å². The van der Waals surface area contributed by atoms with Crippen LogP contribution >= 0.6 is 0 Å². The van der Waals surface area contributed by atoms with E-state index in [2.05, 4.69) is 0 Å². The lowest BCUT2D eigenvalue weighted by Gasteiger charge is -2.15. The Balaban J connectivity index is 2.95. The number of nitrogens with zero attached hydrogens (tertiary/aromatic N) is 2. The van der Waals surface area contributed by atoms with Crippen molar-refractivity contribution < 1.29 is 19.7 Å². The molecule has 0 aliphatic carbocycles. The molecule has 0 amide bonds. The number of ether oxygens (including phenoxy) is 1. The Morgan fingerprint density at radius 1 is 1.38 bits per heavy atom. The SMILES string of the molecule is COc1c(=O)c(C(=O)O)cn2ccn([C@@H](C)CO)c(=O)c12. The molecule has 8 heteroatoms. The van der Waals surface area contributed by atoms with Crippen LogP contribution in [0.25, 0.3) is 5.52 Å². The molecule has 2 aromatic heterocycles. The van der Waals surface area contributed by atoms with Crippen LogP contribution in [-0.4, -0.2) is 38.9 Å². The number of aromatic carboxylic acids is 1. The monoisotopic (exact) mass is 294 g/mol. The number of carboxylic acid groups (broad SMARTS) is 1. The van der Waals surface area contributed by atoms with Crippen molar-refractivity contribution in [2.45, 2.75) is 13.0 Å². The van der Waals surface area contributed by atoms with Gasteiger partial charge in [0.15, 0.2) is 11.3 Å². The molecule has 2 N–H and O–H groups in total. The second kappa shape index (κ2) is 5.41. The van der Waals surface area contributed by atoms with Gasteiger partial charge in [-0.25, -0.2) is 4.79 Å². The predicted molar refractivity (Wildman–Crippen MR) is 73.2 cm³/mol. The zero-order valence-electron chi connectivity index (χ0n) is 11.4. The van der Waals surface area contributed by atoms with Gasteiger partial charge >= 0.3 is 5.97 Å². The second-order valence-corrected chi connectivity index (χ2v) is 4.51. The molecule has 2 rings (SSSR count). The quantitative estimate of drug-likeness (QED) is 0.802. The average Bonchev–Trinajstić information content (AvgIpc) is 2.46. The molecule has 2 aromatic rings. The Morgan fingerprint density at radius 3 is 2.57 bits per heavy atom. The summed E-state index contributed by atoms with van der Waals surface area (Å²) in [5, 5.41) is 18.2. The van der Waals surface area contributed by atoms with Gasteiger partial charge in [0.05, 0.1) is 19.8 Å². The van der Waals surface area contributed by atoms with E-state index in [4.69, 9.17) is 14.9 Å². The summed E-state index contributed by atoms with van der Waals surface area (Å²) in [6.07, 6.45) is 3.90. The molecule has 0 spiro atoms. The zero-order valence-corrected chi connectivity index (χ0v) is 11.4. The number of hydrogen-bond donors (Lipinski definition) is 2. The fourth-order valence-corrected chi connectivity index (χ4v) is 2.04. The lowest BCUT2D eigenvalue weighted by Crippen LogP contribution is -2.29. The van der Waals surface area contributed by atoms with Gasteiger partial charge in [-0.05, 0) is 6.92 Å². The summed E-state index contributed by atoms with van der Waals surface area (Å²) in [4.78, 5) is 35.5. The molecule has 0 aliphatic heterocycles. The topological polar surface area (TPSA) is 110 Å². The van der Waals surface area contributed by atoms with Crippen LogP contribution in [0.15, 0.2) is 28.2 Å². The van der Waals surface area contributed by atoms with E-state index in [0.29, 0.717) is 0 Å². The minimum Gasteiger partial charge on any atom is -0.491 e. The molecule has 0 saturated heterocycles. The Bertz CT molecular complexity index is 820. The molecule has 21 heavy (non-hydrogen) atoms. The Kier molecular flexibility index (Phi) is 3.81. The lowest BCUT2D eigenvalue weighted by atomic mass is 10.2. The molecule has 0 bridgehead atoms. The van der Waals surface area contributed by atoms with Gasteiger partial charge in [-0.1, -0.05) is 0 Å². The summed E-state index contributed by atoms with van der Waals surface area (Å²) >= 11 is 0. The van der Waals surface area contributed by atoms with E-state index in [1.165, 1.54) is 28.5 Å². The van der Waals surface area contributed by atoms with Crippen molar-refractivity contribution in [3.63, 3.8) is 0 Å². The van der Waals surface area contributed by atoms with Crippen LogP contribution in [0.5, 0.6) is 5.75 Å². The number of fused-ring (bicyclic) bond motifs is 1. The highest BCUT2D eigenvalue weighted by molar-refractivity contribution is 5.88. The van der Waals surface area contributed by atoms with Crippen molar-refractivity contribution in [2.75, 3.05) is 13.7 Å². The maximum absolute atomic E-state index is 12.4. The number of aliphatic hydroxyl groups excluding tert-OH is 1. The maximum atomic E-state index is 12.4. The molecular weight excluding hydrogens is 280 g/mol. The van der Waals surface area contributed by atoms with E-state index in [1.54, 1.807) is 6.92 Å². The summed E-state index contributed by atoms with van der Waals surface area (Å²) in [6.45, 7) is 1.38. The van der Waals surface area contributed by atoms with Crippen LogP contribution in [-0.2, 0) is 0 Å². The molecular formula is C13H14N2O6. The first kappa shape index (κ1) is 14.8. The van der Waals surface area contributed by atoms with Gasteiger partial charge in [-0.3, -0.25) is 9.59 Å². The van der Waals surface area contributed by atoms with Crippen molar-refractivity contribution in [3.8, 4) is 5.75 Å². The molecule has 0 saturated carbocycles. The standard InChI is InChI=1S/C13H14N2O6/c1-7(6-16)15-4-3-14-5-8(13(19)20)10(17)11(21-2)9(14)12(15)18/h3-5,7,16H,6H2,1-2H3,(H,19,20)/t7-/m0/s1. The third-order valence-corrected chi connectivity index (χ3v) is 3.19. The molecule has 112 valence electrons. The average molecular weight is 294 g/mol. The zero-order chi connectivity index (χ0) is 15.7. The number of carbonyl (C=O) groups is 1. The van der Waals surface area contributed by atoms with Gasteiger partial charge in [-0.15, -0.1) is 0 Å². The molecule has 0 fully saturated rings. The number of methoxy groups -OCH3 is 1. The van der Waals surface area contributed by atoms with Gasteiger partial charge in [-0.2, -0.15) is 0 Å². The van der Waals surface area contributed by atoms with Crippen molar-refractivity contribution in [1.29, 1.82) is 0 Å². The summed E-state index contributed by atoms with van der Waals surface area (Å²) in [6, 6.07) is -0.485. The van der Waals surface area contributed by atoms with Crippen LogP contribution in [0, 0.1) is 0 Å². The van der Waals surface area contributed by atoms with Crippen LogP contribution in [0.2, 0.25) is 0 Å². The number of aliphatic hydroxyl groups is 1. The fourth-order valence-electron chi connectivity index (χ4n) is 2.04. The summed E-state index contributed by atoms with van der Waals surface area (Å²) in [5.41, 5.74) is -1.98. The van der Waals surface area contributed by atoms with Crippen molar-refractivity contribution in [3.05, 3.63) is 44.7 Å². The minimum absolute atomic E-state index is 0.0738. The Labute approximate surface area is 118 Å². The number of carboxylic acids is 1. The number of aromatic nitrogens is 2. The molecule has 2 heterocycles. The van der Waals surface area contributed by atoms with Crippen LogP contribution in [0.4, 0.5) is 0 Å². The summed E-state index contributed by atoms with van der Waals surface area (Å²) in [5.74, 6) is -1.74. The fraction of sp³-hybridized carbons (Fsp3) is 0.308. The molecule has 0 aliphatic rings. The van der Waals surface area contributed by atoms with Gasteiger partial charge in [0.1, 0.15) is 5.56 Å². The highest BCUT2D eigenvalue weighted by Crippen LogP contribution is 2.13. The minimum atomic E-state index is -1.40. The third-order valence-electron chi connectivity index (χ3n) is 3.19. The van der Waals surface area contributed by atoms with E-state index in [0.717, 1.165) is 6.20 Å². The Hall–Kier alpha value is -2.61. The smallest absolute Gasteiger partial charge is 0.341 e.